The lowest BCUT2D eigenvalue weighted by molar-refractivity contribution is -0.122. The van der Waals surface area contributed by atoms with Crippen LogP contribution in [0.15, 0.2) is 40.9 Å². The Hall–Kier alpha value is -1.56. The number of anilines is 2. The first-order valence-electron chi connectivity index (χ1n) is 7.68. The van der Waals surface area contributed by atoms with E-state index in [4.69, 9.17) is 23.2 Å². The fourth-order valence-corrected chi connectivity index (χ4v) is 3.58. The molecule has 130 valence electrons. The molecule has 0 unspecified atom stereocenters. The number of nitrogens with one attached hydrogen (secondary N) is 1. The van der Waals surface area contributed by atoms with Crippen molar-refractivity contribution in [3.63, 3.8) is 0 Å². The molecular weight excluding hydrogens is 427 g/mol. The van der Waals surface area contributed by atoms with E-state index < -0.39 is 5.92 Å². The van der Waals surface area contributed by atoms with Gasteiger partial charge in [0, 0.05) is 33.8 Å². The van der Waals surface area contributed by atoms with Crippen molar-refractivity contribution in [1.82, 2.24) is 0 Å². The maximum Gasteiger partial charge on any atom is 0.229 e. The summed E-state index contributed by atoms with van der Waals surface area (Å²) in [6, 6.07) is 10.6. The molecule has 2 amide bonds. The molecule has 0 bridgehead atoms. The largest absolute Gasteiger partial charge is 0.325 e. The van der Waals surface area contributed by atoms with Gasteiger partial charge in [-0.1, -0.05) is 29.3 Å². The zero-order valence-corrected chi connectivity index (χ0v) is 16.5. The average molecular weight is 442 g/mol. The van der Waals surface area contributed by atoms with E-state index in [0.717, 1.165) is 10.0 Å². The second kappa shape index (κ2) is 7.36. The second-order valence-electron chi connectivity index (χ2n) is 5.91. The number of nitrogens with zero attached hydrogens (tertiary/aromatic N) is 1. The second-order valence-corrected chi connectivity index (χ2v) is 7.58. The summed E-state index contributed by atoms with van der Waals surface area (Å²) in [6.45, 7) is 2.16. The Bertz CT molecular complexity index is 857. The van der Waals surface area contributed by atoms with Crippen molar-refractivity contribution < 1.29 is 9.59 Å². The van der Waals surface area contributed by atoms with Crippen molar-refractivity contribution >= 4 is 62.3 Å². The van der Waals surface area contributed by atoms with Crippen molar-refractivity contribution in [1.29, 1.82) is 0 Å². The van der Waals surface area contributed by atoms with E-state index in [1.807, 2.05) is 13.0 Å². The third-order valence-electron chi connectivity index (χ3n) is 4.21. The summed E-state index contributed by atoms with van der Waals surface area (Å²) in [5.41, 5.74) is 2.13. The molecular formula is C18H15BrCl2N2O2. The number of rotatable bonds is 3. The van der Waals surface area contributed by atoms with Crippen LogP contribution in [-0.2, 0) is 9.59 Å². The molecule has 0 saturated carbocycles. The van der Waals surface area contributed by atoms with Crippen LogP contribution in [0.5, 0.6) is 0 Å². The van der Waals surface area contributed by atoms with E-state index in [2.05, 4.69) is 21.2 Å². The molecule has 25 heavy (non-hydrogen) atoms. The number of carbonyl (C=O) groups excluding carboxylic acids is 2. The van der Waals surface area contributed by atoms with Gasteiger partial charge < -0.3 is 10.2 Å². The minimum absolute atomic E-state index is 0.0898. The topological polar surface area (TPSA) is 49.4 Å². The molecule has 1 saturated heterocycles. The van der Waals surface area contributed by atoms with Gasteiger partial charge in [-0.25, -0.2) is 0 Å². The highest BCUT2D eigenvalue weighted by Crippen LogP contribution is 2.32. The van der Waals surface area contributed by atoms with E-state index in [-0.39, 0.29) is 18.2 Å². The van der Waals surface area contributed by atoms with Crippen LogP contribution in [-0.4, -0.2) is 18.4 Å². The van der Waals surface area contributed by atoms with Gasteiger partial charge in [0.2, 0.25) is 11.8 Å². The molecule has 7 heteroatoms. The van der Waals surface area contributed by atoms with Gasteiger partial charge in [-0.05, 0) is 58.7 Å². The zero-order valence-electron chi connectivity index (χ0n) is 13.4. The Morgan fingerprint density at radius 1 is 1.28 bits per heavy atom. The smallest absolute Gasteiger partial charge is 0.229 e. The van der Waals surface area contributed by atoms with E-state index in [9.17, 15) is 9.59 Å². The lowest BCUT2D eigenvalue weighted by Crippen LogP contribution is -2.28. The molecule has 1 aliphatic rings. The lowest BCUT2D eigenvalue weighted by atomic mass is 10.1. The summed E-state index contributed by atoms with van der Waals surface area (Å²) in [5.74, 6) is -0.708. The molecule has 1 fully saturated rings. The molecule has 0 aromatic heterocycles. The molecule has 0 aliphatic carbocycles. The molecule has 0 spiro atoms. The summed E-state index contributed by atoms with van der Waals surface area (Å²) >= 11 is 15.5. The number of hydrogen-bond acceptors (Lipinski definition) is 2. The van der Waals surface area contributed by atoms with Crippen LogP contribution < -0.4 is 10.2 Å². The minimum Gasteiger partial charge on any atom is -0.325 e. The fourth-order valence-electron chi connectivity index (χ4n) is 2.80. The lowest BCUT2D eigenvalue weighted by Gasteiger charge is -2.17. The predicted molar refractivity (Wildman–Crippen MR) is 104 cm³/mol. The number of carbonyl (C=O) groups is 2. The van der Waals surface area contributed by atoms with Gasteiger partial charge in [-0.3, -0.25) is 9.59 Å². The van der Waals surface area contributed by atoms with Crippen LogP contribution in [0.3, 0.4) is 0 Å². The van der Waals surface area contributed by atoms with E-state index in [1.165, 1.54) is 0 Å². The minimum atomic E-state index is -0.423. The third kappa shape index (κ3) is 3.84. The van der Waals surface area contributed by atoms with Crippen molar-refractivity contribution in [2.45, 2.75) is 13.3 Å². The highest BCUT2D eigenvalue weighted by Gasteiger charge is 2.35. The van der Waals surface area contributed by atoms with Gasteiger partial charge in [0.05, 0.1) is 10.9 Å². The number of halogens is 3. The van der Waals surface area contributed by atoms with Gasteiger partial charge >= 0.3 is 0 Å². The first kappa shape index (κ1) is 18.2. The van der Waals surface area contributed by atoms with Crippen LogP contribution in [0.2, 0.25) is 10.0 Å². The fraction of sp³-hybridized carbons (Fsp3) is 0.222. The predicted octanol–water partition coefficient (Wildman–Crippen LogP) is 5.06. The van der Waals surface area contributed by atoms with Crippen molar-refractivity contribution in [2.75, 3.05) is 16.8 Å². The van der Waals surface area contributed by atoms with Crippen LogP contribution in [0.25, 0.3) is 0 Å². The quantitative estimate of drug-likeness (QED) is 0.723. The molecule has 0 radical (unpaired) electrons. The van der Waals surface area contributed by atoms with Crippen molar-refractivity contribution in [3.8, 4) is 0 Å². The van der Waals surface area contributed by atoms with E-state index in [0.29, 0.717) is 28.0 Å². The number of amides is 2. The highest BCUT2D eigenvalue weighted by atomic mass is 79.9. The summed E-state index contributed by atoms with van der Waals surface area (Å²) in [4.78, 5) is 26.5. The van der Waals surface area contributed by atoms with Crippen LogP contribution in [0.4, 0.5) is 11.4 Å². The van der Waals surface area contributed by atoms with Crippen molar-refractivity contribution in [3.05, 3.63) is 56.5 Å². The average Bonchev–Trinajstić information content (AvgIpc) is 2.97. The van der Waals surface area contributed by atoms with Gasteiger partial charge in [-0.2, -0.15) is 0 Å². The summed E-state index contributed by atoms with van der Waals surface area (Å²) in [6.07, 6.45) is 0.168. The molecule has 1 atom stereocenters. The van der Waals surface area contributed by atoms with Gasteiger partial charge in [0.25, 0.3) is 0 Å². The van der Waals surface area contributed by atoms with Crippen LogP contribution in [0.1, 0.15) is 12.0 Å². The Kier molecular flexibility index (Phi) is 5.37. The molecule has 2 aromatic carbocycles. The first-order valence-corrected chi connectivity index (χ1v) is 9.23. The molecule has 1 heterocycles. The molecule has 4 nitrogen and oxygen atoms in total. The monoisotopic (exact) mass is 440 g/mol. The normalized spacial score (nSPS) is 17.0. The Labute approximate surface area is 164 Å². The first-order chi connectivity index (χ1) is 11.9. The van der Waals surface area contributed by atoms with Crippen LogP contribution in [0, 0.1) is 12.8 Å². The maximum absolute atomic E-state index is 12.6. The van der Waals surface area contributed by atoms with Gasteiger partial charge in [0.1, 0.15) is 0 Å². The Balaban J connectivity index is 1.74. The molecule has 1 N–H and O–H groups in total. The molecule has 2 aromatic rings. The molecule has 3 rings (SSSR count). The van der Waals surface area contributed by atoms with E-state index in [1.54, 1.807) is 35.2 Å². The summed E-state index contributed by atoms with van der Waals surface area (Å²) < 4.78 is 0.771. The van der Waals surface area contributed by atoms with Crippen LogP contribution >= 0.6 is 39.1 Å². The van der Waals surface area contributed by atoms with Gasteiger partial charge in [-0.15, -0.1) is 0 Å². The van der Waals surface area contributed by atoms with Gasteiger partial charge in [0.15, 0.2) is 0 Å². The third-order valence-corrected chi connectivity index (χ3v) is 5.82. The Morgan fingerprint density at radius 3 is 2.76 bits per heavy atom. The SMILES string of the molecule is Cc1c(NC(=O)[C@H]2CC(=O)N(c3cccc(Cl)c3)C2)ccc(Br)c1Cl. The number of benzene rings is 2. The number of hydrogen-bond donors (Lipinski definition) is 1. The summed E-state index contributed by atoms with van der Waals surface area (Å²) in [7, 11) is 0. The zero-order chi connectivity index (χ0) is 18.1. The van der Waals surface area contributed by atoms with E-state index >= 15 is 0 Å². The Morgan fingerprint density at radius 2 is 2.04 bits per heavy atom. The standard InChI is InChI=1S/C18H15BrCl2N2O2/c1-10-15(6-5-14(19)17(10)21)22-18(25)11-7-16(24)23(9-11)13-4-2-3-12(20)8-13/h2-6,8,11H,7,9H2,1H3,(H,22,25)/t11-/m0/s1. The maximum atomic E-state index is 12.6. The summed E-state index contributed by atoms with van der Waals surface area (Å²) in [5, 5.41) is 3.99. The van der Waals surface area contributed by atoms with Crippen molar-refractivity contribution in [2.24, 2.45) is 5.92 Å². The molecule has 1 aliphatic heterocycles. The highest BCUT2D eigenvalue weighted by molar-refractivity contribution is 9.10.